The lowest BCUT2D eigenvalue weighted by atomic mass is 10.00. The number of thiophene rings is 1. The van der Waals surface area contributed by atoms with Crippen LogP contribution in [0.1, 0.15) is 16.7 Å². The van der Waals surface area contributed by atoms with Gasteiger partial charge in [0.1, 0.15) is 0 Å². The second-order valence-corrected chi connectivity index (χ2v) is 5.45. The Balaban J connectivity index is 2.18. The van der Waals surface area contributed by atoms with Crippen molar-refractivity contribution in [2.24, 2.45) is 0 Å². The van der Waals surface area contributed by atoms with Gasteiger partial charge < -0.3 is 5.32 Å². The van der Waals surface area contributed by atoms with Gasteiger partial charge in [-0.25, -0.2) is 8.78 Å². The monoisotopic (exact) mass is 281 g/mol. The van der Waals surface area contributed by atoms with Crippen LogP contribution >= 0.6 is 11.3 Å². The van der Waals surface area contributed by atoms with Crippen LogP contribution < -0.4 is 5.32 Å². The Bertz CT molecular complexity index is 529. The summed E-state index contributed by atoms with van der Waals surface area (Å²) < 4.78 is 24.3. The van der Waals surface area contributed by atoms with Crippen molar-refractivity contribution in [2.45, 2.75) is 26.8 Å². The summed E-state index contributed by atoms with van der Waals surface area (Å²) in [5.41, 5.74) is 5.81. The highest BCUT2D eigenvalue weighted by Crippen LogP contribution is 2.29. The number of nitrogens with one attached hydrogen (secondary N) is 1. The van der Waals surface area contributed by atoms with Crippen LogP contribution in [0.25, 0.3) is 11.1 Å². The van der Waals surface area contributed by atoms with Crippen molar-refractivity contribution in [3.63, 3.8) is 0 Å². The molecule has 2 rings (SSSR count). The standard InChI is InChI=1S/C15H17F2NS/c1-10-3-11(2)5-12(4-10)14-9-19-8-13(14)6-18-7-15(16)17/h3-5,8-9,15,18H,6-7H2,1-2H3. The normalized spacial score (nSPS) is 11.2. The Kier molecular flexibility index (Phi) is 4.66. The van der Waals surface area contributed by atoms with E-state index in [1.807, 2.05) is 5.38 Å². The van der Waals surface area contributed by atoms with Crippen LogP contribution in [0.4, 0.5) is 8.78 Å². The Morgan fingerprint density at radius 2 is 1.79 bits per heavy atom. The van der Waals surface area contributed by atoms with Crippen molar-refractivity contribution >= 4 is 11.3 Å². The van der Waals surface area contributed by atoms with E-state index in [4.69, 9.17) is 0 Å². The molecule has 0 atom stereocenters. The predicted molar refractivity (Wildman–Crippen MR) is 76.9 cm³/mol. The maximum Gasteiger partial charge on any atom is 0.250 e. The summed E-state index contributed by atoms with van der Waals surface area (Å²) >= 11 is 1.60. The summed E-state index contributed by atoms with van der Waals surface area (Å²) in [7, 11) is 0. The highest BCUT2D eigenvalue weighted by molar-refractivity contribution is 7.08. The molecular formula is C15H17F2NS. The lowest BCUT2D eigenvalue weighted by molar-refractivity contribution is 0.145. The van der Waals surface area contributed by atoms with E-state index in [1.165, 1.54) is 11.1 Å². The minimum atomic E-state index is -2.30. The molecule has 0 bridgehead atoms. The molecule has 0 fully saturated rings. The molecule has 0 amide bonds. The fraction of sp³-hybridized carbons (Fsp3) is 0.333. The summed E-state index contributed by atoms with van der Waals surface area (Å²) in [6.07, 6.45) is -2.30. The van der Waals surface area contributed by atoms with Gasteiger partial charge in [-0.3, -0.25) is 0 Å². The van der Waals surface area contributed by atoms with Crippen LogP contribution in [0.5, 0.6) is 0 Å². The van der Waals surface area contributed by atoms with Crippen LogP contribution in [0.3, 0.4) is 0 Å². The van der Waals surface area contributed by atoms with Crippen LogP contribution in [-0.4, -0.2) is 13.0 Å². The van der Waals surface area contributed by atoms with E-state index in [9.17, 15) is 8.78 Å². The Hall–Kier alpha value is -1.26. The minimum absolute atomic E-state index is 0.262. The van der Waals surface area contributed by atoms with Crippen LogP contribution in [0.15, 0.2) is 29.0 Å². The lowest BCUT2D eigenvalue weighted by Gasteiger charge is -2.08. The number of hydrogen-bond donors (Lipinski definition) is 1. The molecule has 0 aliphatic heterocycles. The number of halogens is 2. The molecule has 0 unspecified atom stereocenters. The Morgan fingerprint density at radius 3 is 2.42 bits per heavy atom. The first-order chi connectivity index (χ1) is 9.06. The molecule has 0 saturated carbocycles. The number of benzene rings is 1. The maximum atomic E-state index is 12.1. The molecule has 1 heterocycles. The van der Waals surface area contributed by atoms with Gasteiger partial charge in [-0.1, -0.05) is 29.3 Å². The number of hydrogen-bond acceptors (Lipinski definition) is 2. The fourth-order valence-corrected chi connectivity index (χ4v) is 3.03. The first-order valence-electron chi connectivity index (χ1n) is 6.19. The molecule has 4 heteroatoms. The fourth-order valence-electron chi connectivity index (χ4n) is 2.16. The topological polar surface area (TPSA) is 12.0 Å². The van der Waals surface area contributed by atoms with Gasteiger partial charge in [-0.15, -0.1) is 0 Å². The van der Waals surface area contributed by atoms with Crippen LogP contribution in [0, 0.1) is 13.8 Å². The number of aryl methyl sites for hydroxylation is 2. The van der Waals surface area contributed by atoms with Gasteiger partial charge in [0.2, 0.25) is 0 Å². The van der Waals surface area contributed by atoms with Gasteiger partial charge in [-0.2, -0.15) is 11.3 Å². The van der Waals surface area contributed by atoms with Gasteiger partial charge >= 0.3 is 0 Å². The summed E-state index contributed by atoms with van der Waals surface area (Å²) in [5, 5.41) is 6.88. The second kappa shape index (κ2) is 6.26. The highest BCUT2D eigenvalue weighted by Gasteiger charge is 2.08. The van der Waals surface area contributed by atoms with E-state index in [0.29, 0.717) is 6.54 Å². The van der Waals surface area contributed by atoms with Crippen LogP contribution in [0.2, 0.25) is 0 Å². The van der Waals surface area contributed by atoms with Crippen molar-refractivity contribution in [3.05, 3.63) is 45.6 Å². The van der Waals surface area contributed by atoms with Crippen molar-refractivity contribution in [2.75, 3.05) is 6.54 Å². The SMILES string of the molecule is Cc1cc(C)cc(-c2cscc2CNCC(F)F)c1. The van der Waals surface area contributed by atoms with Gasteiger partial charge in [0.15, 0.2) is 0 Å². The van der Waals surface area contributed by atoms with Gasteiger partial charge in [0.05, 0.1) is 6.54 Å². The van der Waals surface area contributed by atoms with E-state index < -0.39 is 6.43 Å². The zero-order valence-electron chi connectivity index (χ0n) is 11.0. The molecule has 19 heavy (non-hydrogen) atoms. The predicted octanol–water partition coefficient (Wildman–Crippen LogP) is 4.39. The molecule has 0 spiro atoms. The average molecular weight is 281 g/mol. The zero-order valence-corrected chi connectivity index (χ0v) is 11.9. The summed E-state index contributed by atoms with van der Waals surface area (Å²) in [6.45, 7) is 4.35. The second-order valence-electron chi connectivity index (χ2n) is 4.71. The molecule has 0 saturated heterocycles. The average Bonchev–Trinajstić information content (AvgIpc) is 2.75. The minimum Gasteiger partial charge on any atom is -0.307 e. The Morgan fingerprint density at radius 1 is 1.11 bits per heavy atom. The van der Waals surface area contributed by atoms with Gasteiger partial charge in [0, 0.05) is 6.54 Å². The van der Waals surface area contributed by atoms with E-state index in [2.05, 4.69) is 42.7 Å². The number of rotatable bonds is 5. The third-order valence-corrected chi connectivity index (χ3v) is 3.68. The maximum absolute atomic E-state index is 12.1. The molecule has 0 aliphatic carbocycles. The quantitative estimate of drug-likeness (QED) is 0.857. The van der Waals surface area contributed by atoms with E-state index >= 15 is 0 Å². The summed E-state index contributed by atoms with van der Waals surface area (Å²) in [5.74, 6) is 0. The molecule has 1 aromatic heterocycles. The molecular weight excluding hydrogens is 264 g/mol. The third-order valence-electron chi connectivity index (χ3n) is 2.89. The van der Waals surface area contributed by atoms with Gasteiger partial charge in [-0.05, 0) is 41.3 Å². The van der Waals surface area contributed by atoms with E-state index in [0.717, 1.165) is 16.7 Å². The van der Waals surface area contributed by atoms with Crippen LogP contribution in [-0.2, 0) is 6.54 Å². The summed E-state index contributed by atoms with van der Waals surface area (Å²) in [6, 6.07) is 6.39. The number of alkyl halides is 2. The molecule has 0 radical (unpaired) electrons. The smallest absolute Gasteiger partial charge is 0.250 e. The Labute approximate surface area is 116 Å². The van der Waals surface area contributed by atoms with E-state index in [1.54, 1.807) is 11.3 Å². The first-order valence-corrected chi connectivity index (χ1v) is 7.13. The summed E-state index contributed by atoms with van der Waals surface area (Å²) in [4.78, 5) is 0. The third kappa shape index (κ3) is 3.85. The molecule has 1 aromatic carbocycles. The van der Waals surface area contributed by atoms with Crippen molar-refractivity contribution < 1.29 is 8.78 Å². The lowest BCUT2D eigenvalue weighted by Crippen LogP contribution is -2.20. The highest BCUT2D eigenvalue weighted by atomic mass is 32.1. The van der Waals surface area contributed by atoms with Crippen molar-refractivity contribution in [1.29, 1.82) is 0 Å². The largest absolute Gasteiger partial charge is 0.307 e. The first kappa shape index (κ1) is 14.2. The zero-order chi connectivity index (χ0) is 13.8. The molecule has 1 N–H and O–H groups in total. The van der Waals surface area contributed by atoms with Crippen molar-refractivity contribution in [1.82, 2.24) is 5.32 Å². The molecule has 0 aliphatic rings. The molecule has 1 nitrogen and oxygen atoms in total. The van der Waals surface area contributed by atoms with Crippen molar-refractivity contribution in [3.8, 4) is 11.1 Å². The van der Waals surface area contributed by atoms with Gasteiger partial charge in [0.25, 0.3) is 6.43 Å². The van der Waals surface area contributed by atoms with E-state index in [-0.39, 0.29) is 6.54 Å². The molecule has 2 aromatic rings. The molecule has 102 valence electrons.